The van der Waals surface area contributed by atoms with E-state index in [1.54, 1.807) is 13.8 Å². The number of aliphatic hydroxyl groups excluding tert-OH is 1. The summed E-state index contributed by atoms with van der Waals surface area (Å²) in [6.07, 6.45) is 10.7. The molecular weight excluding hydrogens is 520 g/mol. The van der Waals surface area contributed by atoms with E-state index in [4.69, 9.17) is 14.7 Å². The smallest absolute Gasteiger partial charge is 0.325 e. The number of carbonyl (C=O) groups excluding carboxylic acids is 2. The van der Waals surface area contributed by atoms with Crippen molar-refractivity contribution in [1.29, 1.82) is 0 Å². The van der Waals surface area contributed by atoms with Crippen LogP contribution in [0.5, 0.6) is 5.75 Å². The minimum atomic E-state index is -0.661. The molecule has 0 radical (unpaired) electrons. The van der Waals surface area contributed by atoms with Crippen molar-refractivity contribution in [2.45, 2.75) is 51.6 Å². The molecule has 7 aliphatic rings. The Morgan fingerprint density at radius 3 is 2.51 bits per heavy atom. The molecule has 6 heterocycles. The van der Waals surface area contributed by atoms with Gasteiger partial charge in [0.05, 0.1) is 18.9 Å². The second-order valence-electron chi connectivity index (χ2n) is 11.4. The van der Waals surface area contributed by atoms with Gasteiger partial charge in [0.15, 0.2) is 11.4 Å². The van der Waals surface area contributed by atoms with Crippen molar-refractivity contribution >= 4 is 17.6 Å². The third-order valence-corrected chi connectivity index (χ3v) is 9.43. The standard InChI is InChI=1S/C32H36N4O5/c1-4-41-26(38)16-33-31(40)28-29(39)19(3)34-30(35-28)18(2)32(27-20-5-6-21(27)8-7-20)23-11-13-36(14-12-23)25-10-9-24(32)15-22(25)17-37/h5-10,15,18,23,27,37,39H,4,11-14,16-17H2,1-3H3,(H,33,40). The number of hydrogen-bond donors (Lipinski definition) is 3. The lowest BCUT2D eigenvalue weighted by atomic mass is 9.52. The van der Waals surface area contributed by atoms with E-state index in [0.29, 0.717) is 11.5 Å². The van der Waals surface area contributed by atoms with E-state index in [1.807, 2.05) is 0 Å². The Morgan fingerprint density at radius 2 is 1.88 bits per heavy atom. The fraction of sp³-hybridized carbons (Fsp3) is 0.438. The quantitative estimate of drug-likeness (QED) is 0.422. The Bertz CT molecular complexity index is 1480. The monoisotopic (exact) mass is 556 g/mol. The van der Waals surface area contributed by atoms with Gasteiger partial charge in [-0.2, -0.15) is 0 Å². The maximum Gasteiger partial charge on any atom is 0.325 e. The van der Waals surface area contributed by atoms with Crippen LogP contribution < -0.4 is 10.2 Å². The van der Waals surface area contributed by atoms with Gasteiger partial charge < -0.3 is 25.2 Å². The molecule has 1 saturated heterocycles. The van der Waals surface area contributed by atoms with Crippen LogP contribution in [0.2, 0.25) is 0 Å². The van der Waals surface area contributed by atoms with E-state index in [0.717, 1.165) is 42.7 Å². The van der Waals surface area contributed by atoms with Crippen molar-refractivity contribution in [3.63, 3.8) is 0 Å². The summed E-state index contributed by atoms with van der Waals surface area (Å²) in [5.41, 5.74) is 5.27. The number of rotatable bonds is 8. The van der Waals surface area contributed by atoms with Crippen LogP contribution in [0.1, 0.15) is 65.7 Å². The first-order valence-corrected chi connectivity index (χ1v) is 14.4. The number of aromatic hydroxyl groups is 1. The highest BCUT2D eigenvalue weighted by Crippen LogP contribution is 2.61. The Hall–Kier alpha value is -3.98. The molecule has 6 bridgehead atoms. The number of aliphatic hydroxyl groups is 1. The van der Waals surface area contributed by atoms with Crippen LogP contribution in [0.25, 0.3) is 0 Å². The summed E-state index contributed by atoms with van der Waals surface area (Å²) in [5.74, 6) is -0.987. The molecule has 2 aromatic rings. The van der Waals surface area contributed by atoms with Crippen molar-refractivity contribution in [3.05, 3.63) is 82.0 Å². The number of nitrogens with one attached hydrogen (secondary N) is 1. The van der Waals surface area contributed by atoms with Gasteiger partial charge >= 0.3 is 5.97 Å². The first-order valence-electron chi connectivity index (χ1n) is 14.4. The number of piperidine rings is 1. The summed E-state index contributed by atoms with van der Waals surface area (Å²) in [5, 5.41) is 23.8. The average Bonchev–Trinajstić information content (AvgIpc) is 3.62. The zero-order valence-corrected chi connectivity index (χ0v) is 23.7. The zero-order chi connectivity index (χ0) is 28.9. The lowest BCUT2D eigenvalue weighted by Crippen LogP contribution is -2.50. The van der Waals surface area contributed by atoms with E-state index < -0.39 is 17.3 Å². The Balaban J connectivity index is 1.50. The normalized spacial score (nSPS) is 23.1. The van der Waals surface area contributed by atoms with E-state index >= 15 is 0 Å². The Kier molecular flexibility index (Phi) is 6.93. The molecule has 2 atom stereocenters. The van der Waals surface area contributed by atoms with Gasteiger partial charge in [-0.1, -0.05) is 43.4 Å². The molecule has 1 aromatic carbocycles. The number of anilines is 1. The van der Waals surface area contributed by atoms with E-state index in [2.05, 4.69) is 59.6 Å². The molecule has 3 N–H and O–H groups in total. The number of amides is 1. The second-order valence-corrected chi connectivity index (χ2v) is 11.4. The summed E-state index contributed by atoms with van der Waals surface area (Å²) in [6.45, 7) is 7.08. The molecule has 9 heteroatoms. The molecule has 1 fully saturated rings. The van der Waals surface area contributed by atoms with Gasteiger partial charge in [-0.3, -0.25) is 9.59 Å². The zero-order valence-electron chi connectivity index (χ0n) is 23.7. The lowest BCUT2D eigenvalue weighted by Gasteiger charge is -2.51. The number of aromatic nitrogens is 2. The van der Waals surface area contributed by atoms with Gasteiger partial charge in [-0.25, -0.2) is 9.97 Å². The Morgan fingerprint density at radius 1 is 1.17 bits per heavy atom. The van der Waals surface area contributed by atoms with E-state index in [9.17, 15) is 19.8 Å². The maximum absolute atomic E-state index is 13.1. The fourth-order valence-electron chi connectivity index (χ4n) is 7.61. The first kappa shape index (κ1) is 27.2. The van der Waals surface area contributed by atoms with Crippen molar-refractivity contribution < 1.29 is 24.5 Å². The molecular formula is C32H36N4O5. The molecule has 1 aromatic heterocycles. The number of benzene rings is 1. The SMILES string of the molecule is CCOC(=O)CNC(=O)c1nc(C(C)C2(C3C4=CC=C3C=C4)c3ccc(c(CO)c3)N3CCC2CC3)nc(C)c1O. The minimum absolute atomic E-state index is 0.0529. The van der Waals surface area contributed by atoms with E-state index in [-0.39, 0.29) is 49.0 Å². The van der Waals surface area contributed by atoms with Crippen LogP contribution in [0.3, 0.4) is 0 Å². The van der Waals surface area contributed by atoms with Crippen LogP contribution in [-0.4, -0.2) is 58.3 Å². The highest BCUT2D eigenvalue weighted by atomic mass is 16.5. The number of ether oxygens (including phenoxy) is 1. The largest absolute Gasteiger partial charge is 0.504 e. The molecule has 0 spiro atoms. The summed E-state index contributed by atoms with van der Waals surface area (Å²) in [6, 6.07) is 6.49. The fourth-order valence-corrected chi connectivity index (χ4v) is 7.61. The van der Waals surface area contributed by atoms with Gasteiger partial charge in [0.1, 0.15) is 12.4 Å². The highest BCUT2D eigenvalue weighted by Gasteiger charge is 2.56. The molecule has 5 aliphatic heterocycles. The van der Waals surface area contributed by atoms with Gasteiger partial charge in [0.25, 0.3) is 5.91 Å². The molecule has 2 aliphatic carbocycles. The van der Waals surface area contributed by atoms with Crippen molar-refractivity contribution in [3.8, 4) is 5.75 Å². The van der Waals surface area contributed by atoms with Gasteiger partial charge in [-0.05, 0) is 55.4 Å². The van der Waals surface area contributed by atoms with Crippen LogP contribution in [0.4, 0.5) is 5.69 Å². The number of fused-ring (bicyclic) bond motifs is 2. The van der Waals surface area contributed by atoms with Gasteiger partial charge in [0, 0.05) is 41.6 Å². The number of hydrogen-bond acceptors (Lipinski definition) is 8. The minimum Gasteiger partial charge on any atom is -0.504 e. The van der Waals surface area contributed by atoms with Gasteiger partial charge in [0.2, 0.25) is 0 Å². The lowest BCUT2D eigenvalue weighted by molar-refractivity contribution is -0.141. The molecule has 0 saturated carbocycles. The van der Waals surface area contributed by atoms with Crippen molar-refractivity contribution in [2.75, 3.05) is 31.1 Å². The predicted octanol–water partition coefficient (Wildman–Crippen LogP) is 3.60. The maximum atomic E-state index is 13.1. The molecule has 9 rings (SSSR count). The second kappa shape index (κ2) is 10.4. The third kappa shape index (κ3) is 4.25. The summed E-state index contributed by atoms with van der Waals surface area (Å²) in [7, 11) is 0. The number of esters is 1. The van der Waals surface area contributed by atoms with Gasteiger partial charge in [-0.15, -0.1) is 0 Å². The number of aryl methyl sites for hydroxylation is 1. The molecule has 41 heavy (non-hydrogen) atoms. The van der Waals surface area contributed by atoms with Crippen molar-refractivity contribution in [2.24, 2.45) is 11.8 Å². The van der Waals surface area contributed by atoms with E-state index in [1.165, 1.54) is 11.1 Å². The highest BCUT2D eigenvalue weighted by molar-refractivity contribution is 5.96. The molecule has 9 nitrogen and oxygen atoms in total. The number of carbonyl (C=O) groups is 2. The average molecular weight is 557 g/mol. The van der Waals surface area contributed by atoms with Crippen molar-refractivity contribution in [1.82, 2.24) is 15.3 Å². The van der Waals surface area contributed by atoms with Crippen LogP contribution in [-0.2, 0) is 21.6 Å². The Labute approximate surface area is 239 Å². The molecule has 2 unspecified atom stereocenters. The first-order chi connectivity index (χ1) is 19.8. The predicted molar refractivity (Wildman–Crippen MR) is 154 cm³/mol. The number of nitrogens with zero attached hydrogens (tertiary/aromatic N) is 3. The third-order valence-electron chi connectivity index (χ3n) is 9.43. The van der Waals surface area contributed by atoms with Crippen LogP contribution in [0.15, 0.2) is 53.6 Å². The molecule has 1 amide bonds. The number of allylic oxidation sites excluding steroid dienone is 6. The summed E-state index contributed by atoms with van der Waals surface area (Å²) < 4.78 is 4.92. The summed E-state index contributed by atoms with van der Waals surface area (Å²) in [4.78, 5) is 36.9. The van der Waals surface area contributed by atoms with Crippen LogP contribution in [0, 0.1) is 18.8 Å². The van der Waals surface area contributed by atoms with Crippen LogP contribution >= 0.6 is 0 Å². The summed E-state index contributed by atoms with van der Waals surface area (Å²) >= 11 is 0. The molecule has 214 valence electrons. The topological polar surface area (TPSA) is 125 Å².